The van der Waals surface area contributed by atoms with Crippen molar-refractivity contribution in [3.63, 3.8) is 0 Å². The molecule has 0 bridgehead atoms. The number of carbonyl (C=O) groups excluding carboxylic acids is 1. The number of hydrogen-bond donors (Lipinski definition) is 1. The number of pyridine rings is 1. The summed E-state index contributed by atoms with van der Waals surface area (Å²) in [5.41, 5.74) is 0.926. The second-order valence-corrected chi connectivity index (χ2v) is 6.38. The lowest BCUT2D eigenvalue weighted by Gasteiger charge is -2.05. The van der Waals surface area contributed by atoms with Crippen LogP contribution in [0.15, 0.2) is 54.9 Å². The van der Waals surface area contributed by atoms with E-state index in [1.54, 1.807) is 6.08 Å². The molecule has 0 aliphatic rings. The van der Waals surface area contributed by atoms with Crippen molar-refractivity contribution in [3.8, 4) is 5.75 Å². The van der Waals surface area contributed by atoms with Gasteiger partial charge in [-0.1, -0.05) is 19.1 Å². The highest BCUT2D eigenvalue weighted by Crippen LogP contribution is 2.29. The van der Waals surface area contributed by atoms with Crippen LogP contribution in [-0.2, 0) is 17.5 Å². The summed E-state index contributed by atoms with van der Waals surface area (Å²) in [6.07, 6.45) is 2.00. The van der Waals surface area contributed by atoms with Crippen molar-refractivity contribution in [1.82, 2.24) is 14.7 Å². The molecule has 2 heterocycles. The Labute approximate surface area is 165 Å². The van der Waals surface area contributed by atoms with Crippen molar-refractivity contribution in [3.05, 3.63) is 71.7 Å². The molecule has 0 spiro atoms. The molecule has 3 aromatic rings. The number of fused-ring (bicyclic) bond motifs is 1. The minimum Gasteiger partial charge on any atom is -0.494 e. The maximum absolute atomic E-state index is 12.8. The lowest BCUT2D eigenvalue weighted by molar-refractivity contribution is -0.137. The van der Waals surface area contributed by atoms with Crippen molar-refractivity contribution in [2.75, 3.05) is 6.61 Å². The van der Waals surface area contributed by atoms with E-state index in [1.165, 1.54) is 22.7 Å². The molecule has 0 unspecified atom stereocenters. The molecule has 3 rings (SSSR count). The summed E-state index contributed by atoms with van der Waals surface area (Å²) in [5, 5.41) is 2.67. The number of nitrogens with zero attached hydrogens (tertiary/aromatic N) is 2. The van der Waals surface area contributed by atoms with Gasteiger partial charge in [-0.15, -0.1) is 0 Å². The van der Waals surface area contributed by atoms with Crippen LogP contribution in [0.2, 0.25) is 0 Å². The highest BCUT2D eigenvalue weighted by atomic mass is 19.4. The maximum atomic E-state index is 12.8. The van der Waals surface area contributed by atoms with E-state index >= 15 is 0 Å². The van der Waals surface area contributed by atoms with Gasteiger partial charge >= 0.3 is 6.18 Å². The zero-order valence-electron chi connectivity index (χ0n) is 15.7. The Bertz CT molecular complexity index is 1010. The van der Waals surface area contributed by atoms with E-state index in [4.69, 9.17) is 4.74 Å². The molecule has 0 fully saturated rings. The molecule has 0 saturated heterocycles. The second kappa shape index (κ2) is 8.81. The Kier molecular flexibility index (Phi) is 6.21. The van der Waals surface area contributed by atoms with E-state index < -0.39 is 11.7 Å². The van der Waals surface area contributed by atoms with Crippen LogP contribution in [0.25, 0.3) is 11.7 Å². The van der Waals surface area contributed by atoms with Gasteiger partial charge < -0.3 is 14.5 Å². The quantitative estimate of drug-likeness (QED) is 0.592. The number of rotatable bonds is 7. The van der Waals surface area contributed by atoms with Crippen molar-refractivity contribution in [2.45, 2.75) is 26.1 Å². The van der Waals surface area contributed by atoms with Gasteiger partial charge in [0.2, 0.25) is 5.91 Å². The molecular formula is C21H20F3N3O2. The Morgan fingerprint density at radius 1 is 1.17 bits per heavy atom. The second-order valence-electron chi connectivity index (χ2n) is 6.38. The summed E-state index contributed by atoms with van der Waals surface area (Å²) in [6, 6.07) is 9.62. The topological polar surface area (TPSA) is 55.6 Å². The van der Waals surface area contributed by atoms with Crippen molar-refractivity contribution in [1.29, 1.82) is 0 Å². The van der Waals surface area contributed by atoms with Crippen molar-refractivity contribution >= 4 is 17.6 Å². The van der Waals surface area contributed by atoms with Crippen LogP contribution in [0.5, 0.6) is 5.75 Å². The molecule has 0 radical (unpaired) electrons. The van der Waals surface area contributed by atoms with Crippen LogP contribution in [0, 0.1) is 0 Å². The number of amides is 1. The average Bonchev–Trinajstić information content (AvgIpc) is 3.11. The number of alkyl halides is 3. The lowest BCUT2D eigenvalue weighted by Crippen LogP contribution is -2.20. The third kappa shape index (κ3) is 5.60. The minimum atomic E-state index is -4.42. The molecule has 152 valence electrons. The number of hydrogen-bond acceptors (Lipinski definition) is 3. The molecule has 29 heavy (non-hydrogen) atoms. The largest absolute Gasteiger partial charge is 0.494 e. The summed E-state index contributed by atoms with van der Waals surface area (Å²) >= 11 is 0. The standard InChI is InChI=1S/C21H20F3N3O2/c1-2-11-29-18-7-3-15(4-8-18)5-10-20(28)25-12-17-14-27-13-16(21(22,23)24)6-9-19(27)26-17/h3-10,13-14H,2,11-12H2,1H3,(H,25,28)/b10-5+. The first-order valence-corrected chi connectivity index (χ1v) is 9.09. The van der Waals surface area contributed by atoms with E-state index in [-0.39, 0.29) is 12.5 Å². The monoisotopic (exact) mass is 403 g/mol. The third-order valence-corrected chi connectivity index (χ3v) is 4.05. The molecule has 0 atom stereocenters. The van der Waals surface area contributed by atoms with Gasteiger partial charge in [-0.05, 0) is 42.3 Å². The van der Waals surface area contributed by atoms with Gasteiger partial charge in [0.05, 0.1) is 24.4 Å². The van der Waals surface area contributed by atoms with Crippen LogP contribution in [-0.4, -0.2) is 21.9 Å². The maximum Gasteiger partial charge on any atom is 0.417 e. The molecule has 5 nitrogen and oxygen atoms in total. The summed E-state index contributed by atoms with van der Waals surface area (Å²) in [6.45, 7) is 2.79. The van der Waals surface area contributed by atoms with Gasteiger partial charge in [0, 0.05) is 18.5 Å². The number of halogens is 3. The van der Waals surface area contributed by atoms with E-state index in [0.29, 0.717) is 17.9 Å². The molecular weight excluding hydrogens is 383 g/mol. The number of carbonyl (C=O) groups is 1. The summed E-state index contributed by atoms with van der Waals surface area (Å²) in [4.78, 5) is 16.2. The van der Waals surface area contributed by atoms with Gasteiger partial charge in [-0.2, -0.15) is 13.2 Å². The van der Waals surface area contributed by atoms with E-state index in [2.05, 4.69) is 10.3 Å². The minimum absolute atomic E-state index is 0.107. The molecule has 1 amide bonds. The van der Waals surface area contributed by atoms with Crippen LogP contribution in [0.1, 0.15) is 30.2 Å². The van der Waals surface area contributed by atoms with Gasteiger partial charge in [-0.3, -0.25) is 4.79 Å². The molecule has 0 aliphatic heterocycles. The van der Waals surface area contributed by atoms with Crippen LogP contribution in [0.4, 0.5) is 13.2 Å². The van der Waals surface area contributed by atoms with Crippen LogP contribution >= 0.6 is 0 Å². The Balaban J connectivity index is 1.56. The zero-order valence-corrected chi connectivity index (χ0v) is 15.7. The van der Waals surface area contributed by atoms with Crippen molar-refractivity contribution < 1.29 is 22.7 Å². The smallest absolute Gasteiger partial charge is 0.417 e. The number of aromatic nitrogens is 2. The summed E-state index contributed by atoms with van der Waals surface area (Å²) in [5.74, 6) is 0.443. The van der Waals surface area contributed by atoms with Gasteiger partial charge in [0.15, 0.2) is 0 Å². The van der Waals surface area contributed by atoms with E-state index in [1.807, 2.05) is 31.2 Å². The van der Waals surface area contributed by atoms with Crippen LogP contribution < -0.4 is 10.1 Å². The molecule has 0 saturated carbocycles. The predicted molar refractivity (Wildman–Crippen MR) is 103 cm³/mol. The molecule has 1 N–H and O–H groups in total. The number of imidazole rings is 1. The van der Waals surface area contributed by atoms with Crippen LogP contribution in [0.3, 0.4) is 0 Å². The number of nitrogens with one attached hydrogen (secondary N) is 1. The summed E-state index contributed by atoms with van der Waals surface area (Å²) in [7, 11) is 0. The first-order valence-electron chi connectivity index (χ1n) is 9.09. The fourth-order valence-corrected chi connectivity index (χ4v) is 2.60. The van der Waals surface area contributed by atoms with Crippen molar-refractivity contribution in [2.24, 2.45) is 0 Å². The summed E-state index contributed by atoms with van der Waals surface area (Å²) < 4.78 is 45.1. The average molecular weight is 403 g/mol. The fourth-order valence-electron chi connectivity index (χ4n) is 2.60. The Hall–Kier alpha value is -3.29. The first kappa shape index (κ1) is 20.4. The SMILES string of the molecule is CCCOc1ccc(/C=C/C(=O)NCc2cn3cc(C(F)(F)F)ccc3n2)cc1. The normalized spacial score (nSPS) is 11.9. The number of ether oxygens (including phenoxy) is 1. The fraction of sp³-hybridized carbons (Fsp3) is 0.238. The molecule has 8 heteroatoms. The first-order chi connectivity index (χ1) is 13.8. The molecule has 2 aromatic heterocycles. The predicted octanol–water partition coefficient (Wildman–Crippen LogP) is 4.47. The molecule has 0 aliphatic carbocycles. The highest BCUT2D eigenvalue weighted by Gasteiger charge is 2.30. The lowest BCUT2D eigenvalue weighted by atomic mass is 10.2. The van der Waals surface area contributed by atoms with E-state index in [9.17, 15) is 18.0 Å². The molecule has 1 aromatic carbocycles. The third-order valence-electron chi connectivity index (χ3n) is 4.05. The van der Waals surface area contributed by atoms with Gasteiger partial charge in [0.25, 0.3) is 0 Å². The number of benzene rings is 1. The highest BCUT2D eigenvalue weighted by molar-refractivity contribution is 5.91. The van der Waals surface area contributed by atoms with Gasteiger partial charge in [0.1, 0.15) is 11.4 Å². The Morgan fingerprint density at radius 3 is 2.62 bits per heavy atom. The van der Waals surface area contributed by atoms with E-state index in [0.717, 1.165) is 30.0 Å². The Morgan fingerprint density at radius 2 is 1.93 bits per heavy atom. The zero-order chi connectivity index (χ0) is 20.9. The van der Waals surface area contributed by atoms with Gasteiger partial charge in [-0.25, -0.2) is 4.98 Å².